The van der Waals surface area contributed by atoms with Gasteiger partial charge < -0.3 is 14.8 Å². The number of non-ortho nitro benzene ring substituents is 1. The van der Waals surface area contributed by atoms with E-state index in [2.05, 4.69) is 22.4 Å². The van der Waals surface area contributed by atoms with Gasteiger partial charge >= 0.3 is 0 Å². The number of methoxy groups -OCH3 is 1. The fraction of sp³-hybridized carbons (Fsp3) is 0.158. The van der Waals surface area contributed by atoms with Crippen molar-refractivity contribution in [2.24, 2.45) is 5.10 Å². The molecule has 0 radical (unpaired) electrons. The molecule has 0 spiro atoms. The molecule has 9 heteroatoms. The van der Waals surface area contributed by atoms with Crippen LogP contribution >= 0.6 is 12.2 Å². The number of nitrogens with one attached hydrogen (secondary N) is 2. The number of nitrogens with zero attached hydrogens (tertiary/aromatic N) is 2. The summed E-state index contributed by atoms with van der Waals surface area (Å²) in [6.07, 6.45) is 3.29. The molecule has 0 bridgehead atoms. The number of thiocarbonyl (C=S) groups is 1. The summed E-state index contributed by atoms with van der Waals surface area (Å²) in [5.74, 6) is 1.09. The molecule has 2 aromatic rings. The number of nitro benzene ring substituents is 1. The van der Waals surface area contributed by atoms with Gasteiger partial charge in [-0.05, 0) is 53.7 Å². The molecule has 2 N–H and O–H groups in total. The van der Waals surface area contributed by atoms with Crippen LogP contribution in [0.3, 0.4) is 0 Å². The summed E-state index contributed by atoms with van der Waals surface area (Å²) >= 11 is 5.04. The standard InChI is InChI=1S/C19H20N4O4S/c1-3-10-20-19(28)22-21-12-15-6-9-17(18(11-15)26-2)27-13-14-4-7-16(8-5-14)23(24)25/h3-9,11-12H,1,10,13H2,2H3,(H2,20,22,28)/b21-12+. The van der Waals surface area contributed by atoms with Gasteiger partial charge in [0.1, 0.15) is 6.61 Å². The first-order chi connectivity index (χ1) is 13.5. The number of benzene rings is 2. The monoisotopic (exact) mass is 400 g/mol. The Balaban J connectivity index is 1.97. The molecule has 0 saturated carbocycles. The molecule has 0 fully saturated rings. The fourth-order valence-electron chi connectivity index (χ4n) is 2.13. The molecule has 0 aliphatic heterocycles. The average molecular weight is 400 g/mol. The van der Waals surface area contributed by atoms with E-state index >= 15 is 0 Å². The molecular formula is C19H20N4O4S. The molecule has 0 amide bonds. The van der Waals surface area contributed by atoms with Crippen LogP contribution in [0.2, 0.25) is 0 Å². The lowest BCUT2D eigenvalue weighted by Gasteiger charge is -2.11. The second-order valence-corrected chi connectivity index (χ2v) is 5.90. The highest BCUT2D eigenvalue weighted by Crippen LogP contribution is 2.28. The van der Waals surface area contributed by atoms with E-state index in [1.54, 1.807) is 43.7 Å². The minimum absolute atomic E-state index is 0.0396. The van der Waals surface area contributed by atoms with Crippen molar-refractivity contribution in [2.75, 3.05) is 13.7 Å². The van der Waals surface area contributed by atoms with Crippen molar-refractivity contribution >= 4 is 29.2 Å². The van der Waals surface area contributed by atoms with Crippen LogP contribution in [-0.2, 0) is 6.61 Å². The van der Waals surface area contributed by atoms with Gasteiger partial charge in [-0.1, -0.05) is 6.08 Å². The van der Waals surface area contributed by atoms with E-state index in [1.165, 1.54) is 12.1 Å². The zero-order chi connectivity index (χ0) is 20.4. The van der Waals surface area contributed by atoms with Crippen molar-refractivity contribution in [2.45, 2.75) is 6.61 Å². The number of hydrogen-bond donors (Lipinski definition) is 2. The number of hydrogen-bond acceptors (Lipinski definition) is 6. The van der Waals surface area contributed by atoms with E-state index in [9.17, 15) is 10.1 Å². The third kappa shape index (κ3) is 6.36. The smallest absolute Gasteiger partial charge is 0.269 e. The predicted octanol–water partition coefficient (Wildman–Crippen LogP) is 3.17. The Labute approximate surface area is 168 Å². The SMILES string of the molecule is C=CCNC(=S)N/N=C/c1ccc(OCc2ccc([N+](=O)[O-])cc2)c(OC)c1. The molecule has 8 nitrogen and oxygen atoms in total. The first-order valence-electron chi connectivity index (χ1n) is 8.25. The van der Waals surface area contributed by atoms with Crippen molar-refractivity contribution in [3.05, 3.63) is 76.4 Å². The van der Waals surface area contributed by atoms with Gasteiger partial charge in [0, 0.05) is 18.7 Å². The van der Waals surface area contributed by atoms with Crippen LogP contribution in [0.1, 0.15) is 11.1 Å². The zero-order valence-corrected chi connectivity index (χ0v) is 16.1. The van der Waals surface area contributed by atoms with E-state index < -0.39 is 4.92 Å². The van der Waals surface area contributed by atoms with Gasteiger partial charge in [-0.15, -0.1) is 6.58 Å². The summed E-state index contributed by atoms with van der Waals surface area (Å²) < 4.78 is 11.1. The van der Waals surface area contributed by atoms with Crippen molar-refractivity contribution < 1.29 is 14.4 Å². The molecule has 0 heterocycles. The summed E-state index contributed by atoms with van der Waals surface area (Å²) in [5, 5.41) is 18.0. The largest absolute Gasteiger partial charge is 0.493 e. The van der Waals surface area contributed by atoms with Crippen LogP contribution in [0, 0.1) is 10.1 Å². The van der Waals surface area contributed by atoms with E-state index in [0.29, 0.717) is 23.2 Å². The highest BCUT2D eigenvalue weighted by molar-refractivity contribution is 7.80. The first kappa shape index (κ1) is 20.8. The topological polar surface area (TPSA) is 98.0 Å². The third-order valence-electron chi connectivity index (χ3n) is 3.52. The lowest BCUT2D eigenvalue weighted by atomic mass is 10.2. The van der Waals surface area contributed by atoms with E-state index in [1.807, 2.05) is 6.07 Å². The summed E-state index contributed by atoms with van der Waals surface area (Å²) in [5.41, 5.74) is 4.34. The van der Waals surface area contributed by atoms with Crippen LogP contribution in [0.25, 0.3) is 0 Å². The van der Waals surface area contributed by atoms with Gasteiger partial charge in [-0.25, -0.2) is 0 Å². The van der Waals surface area contributed by atoms with E-state index in [-0.39, 0.29) is 12.3 Å². The second-order valence-electron chi connectivity index (χ2n) is 5.49. The summed E-state index contributed by atoms with van der Waals surface area (Å²) in [7, 11) is 1.54. The Bertz CT molecular complexity index is 869. The van der Waals surface area contributed by atoms with Crippen LogP contribution in [-0.4, -0.2) is 29.9 Å². The minimum Gasteiger partial charge on any atom is -0.493 e. The maximum Gasteiger partial charge on any atom is 0.269 e. The van der Waals surface area contributed by atoms with Crippen LogP contribution in [0.4, 0.5) is 5.69 Å². The number of nitro groups is 1. The van der Waals surface area contributed by atoms with Crippen LogP contribution in [0.15, 0.2) is 60.2 Å². The highest BCUT2D eigenvalue weighted by atomic mass is 32.1. The lowest BCUT2D eigenvalue weighted by molar-refractivity contribution is -0.384. The second kappa shape index (κ2) is 10.6. The number of ether oxygens (including phenoxy) is 2. The van der Waals surface area contributed by atoms with Gasteiger partial charge in [-0.3, -0.25) is 15.5 Å². The molecule has 146 valence electrons. The lowest BCUT2D eigenvalue weighted by Crippen LogP contribution is -2.31. The Kier molecular flexibility index (Phi) is 7.92. The maximum absolute atomic E-state index is 10.7. The summed E-state index contributed by atoms with van der Waals surface area (Å²) in [4.78, 5) is 10.3. The summed E-state index contributed by atoms with van der Waals surface area (Å²) in [6.45, 7) is 4.40. The quantitative estimate of drug-likeness (QED) is 0.219. The fourth-order valence-corrected chi connectivity index (χ4v) is 2.26. The zero-order valence-electron chi connectivity index (χ0n) is 15.3. The molecule has 0 saturated heterocycles. The predicted molar refractivity (Wildman–Crippen MR) is 112 cm³/mol. The molecule has 0 unspecified atom stereocenters. The first-order valence-corrected chi connectivity index (χ1v) is 8.66. The summed E-state index contributed by atoms with van der Waals surface area (Å²) in [6, 6.07) is 11.5. The number of rotatable bonds is 9. The molecule has 0 aliphatic carbocycles. The van der Waals surface area contributed by atoms with Crippen LogP contribution in [0.5, 0.6) is 11.5 Å². The maximum atomic E-state index is 10.7. The Morgan fingerprint density at radius 1 is 1.29 bits per heavy atom. The number of hydrazone groups is 1. The average Bonchev–Trinajstić information content (AvgIpc) is 2.71. The van der Waals surface area contributed by atoms with Crippen molar-refractivity contribution in [1.29, 1.82) is 0 Å². The molecule has 28 heavy (non-hydrogen) atoms. The Hall–Kier alpha value is -3.46. The molecule has 2 rings (SSSR count). The minimum atomic E-state index is -0.439. The van der Waals surface area contributed by atoms with E-state index in [0.717, 1.165) is 11.1 Å². The van der Waals surface area contributed by atoms with Gasteiger partial charge in [0.15, 0.2) is 16.6 Å². The normalized spacial score (nSPS) is 10.3. The Morgan fingerprint density at radius 2 is 2.04 bits per heavy atom. The van der Waals surface area contributed by atoms with Gasteiger partial charge in [0.05, 0.1) is 18.2 Å². The molecule has 0 atom stereocenters. The Morgan fingerprint density at radius 3 is 2.68 bits per heavy atom. The molecular weight excluding hydrogens is 380 g/mol. The van der Waals surface area contributed by atoms with Crippen molar-refractivity contribution in [3.63, 3.8) is 0 Å². The van der Waals surface area contributed by atoms with Crippen molar-refractivity contribution in [1.82, 2.24) is 10.7 Å². The van der Waals surface area contributed by atoms with E-state index in [4.69, 9.17) is 21.7 Å². The third-order valence-corrected chi connectivity index (χ3v) is 3.75. The molecule has 0 aromatic heterocycles. The molecule has 0 aliphatic rings. The van der Waals surface area contributed by atoms with Crippen molar-refractivity contribution in [3.8, 4) is 11.5 Å². The van der Waals surface area contributed by atoms with Gasteiger partial charge in [-0.2, -0.15) is 5.10 Å². The molecule has 2 aromatic carbocycles. The van der Waals surface area contributed by atoms with Gasteiger partial charge in [0.25, 0.3) is 5.69 Å². The van der Waals surface area contributed by atoms with Gasteiger partial charge in [0.2, 0.25) is 0 Å². The highest BCUT2D eigenvalue weighted by Gasteiger charge is 2.07. The van der Waals surface area contributed by atoms with Crippen LogP contribution < -0.4 is 20.2 Å².